The number of rotatable bonds is 3. The number of benzene rings is 3. The van der Waals surface area contributed by atoms with Crippen molar-refractivity contribution in [2.45, 2.75) is 65.5 Å². The van der Waals surface area contributed by atoms with Crippen molar-refractivity contribution in [1.29, 1.82) is 0 Å². The lowest BCUT2D eigenvalue weighted by molar-refractivity contribution is -0.137. The first-order valence-corrected chi connectivity index (χ1v) is 11.5. The SMILES string of the molecule is CC(C)c1ccc(C(F)(F)F)cc1.CC(C)c1ccc(Cl)cc1.CC(C)c1ccc(F)c(F)c1. The smallest absolute Gasteiger partial charge is 0.204 e. The maximum Gasteiger partial charge on any atom is 0.416 e. The molecule has 34 heavy (non-hydrogen) atoms. The second-order valence-corrected chi connectivity index (χ2v) is 9.25. The molecule has 0 bridgehead atoms. The zero-order valence-corrected chi connectivity index (χ0v) is 21.1. The van der Waals surface area contributed by atoms with Crippen LogP contribution in [0.15, 0.2) is 66.7 Å². The molecule has 0 saturated heterocycles. The van der Waals surface area contributed by atoms with Crippen LogP contribution in [0.1, 0.15) is 81.5 Å². The van der Waals surface area contributed by atoms with Crippen molar-refractivity contribution >= 4 is 11.6 Å². The summed E-state index contributed by atoms with van der Waals surface area (Å²) >= 11 is 5.72. The summed E-state index contributed by atoms with van der Waals surface area (Å²) in [4.78, 5) is 0. The molecule has 0 unspecified atom stereocenters. The highest BCUT2D eigenvalue weighted by atomic mass is 35.5. The number of alkyl halides is 3. The molecule has 0 aliphatic carbocycles. The van der Waals surface area contributed by atoms with Crippen molar-refractivity contribution < 1.29 is 22.0 Å². The highest BCUT2D eigenvalue weighted by molar-refractivity contribution is 6.30. The van der Waals surface area contributed by atoms with Gasteiger partial charge in [-0.05, 0) is 70.8 Å². The highest BCUT2D eigenvalue weighted by Crippen LogP contribution is 2.30. The molecule has 0 fully saturated rings. The van der Waals surface area contributed by atoms with E-state index in [1.165, 1.54) is 23.8 Å². The Morgan fingerprint density at radius 2 is 0.941 bits per heavy atom. The highest BCUT2D eigenvalue weighted by Gasteiger charge is 2.29. The Hall–Kier alpha value is -2.40. The molecule has 0 aromatic heterocycles. The van der Waals surface area contributed by atoms with E-state index in [0.717, 1.165) is 34.3 Å². The second-order valence-electron chi connectivity index (χ2n) is 8.81. The van der Waals surface area contributed by atoms with Crippen LogP contribution in [0.5, 0.6) is 0 Å². The van der Waals surface area contributed by atoms with E-state index < -0.39 is 23.4 Å². The van der Waals surface area contributed by atoms with Gasteiger partial charge in [-0.3, -0.25) is 0 Å². The lowest BCUT2D eigenvalue weighted by Gasteiger charge is -2.09. The molecule has 0 radical (unpaired) electrons. The molecule has 0 saturated carbocycles. The summed E-state index contributed by atoms with van der Waals surface area (Å²) in [6.07, 6.45) is -4.23. The summed E-state index contributed by atoms with van der Waals surface area (Å²) in [5, 5.41) is 0.810. The minimum atomic E-state index is -4.23. The Labute approximate surface area is 204 Å². The number of hydrogen-bond donors (Lipinski definition) is 0. The van der Waals surface area contributed by atoms with Crippen LogP contribution in [-0.4, -0.2) is 0 Å². The Kier molecular flexibility index (Phi) is 11.7. The first kappa shape index (κ1) is 29.6. The Bertz CT molecular complexity index is 989. The topological polar surface area (TPSA) is 0 Å². The summed E-state index contributed by atoms with van der Waals surface area (Å²) in [6.45, 7) is 12.1. The first-order valence-electron chi connectivity index (χ1n) is 11.1. The molecule has 0 N–H and O–H groups in total. The molecule has 3 aromatic carbocycles. The van der Waals surface area contributed by atoms with Gasteiger partial charge in [0.15, 0.2) is 11.6 Å². The fourth-order valence-corrected chi connectivity index (χ4v) is 2.90. The zero-order valence-electron chi connectivity index (χ0n) is 20.4. The van der Waals surface area contributed by atoms with Gasteiger partial charge in [0.25, 0.3) is 0 Å². The van der Waals surface area contributed by atoms with Crippen LogP contribution >= 0.6 is 11.6 Å². The van der Waals surface area contributed by atoms with Gasteiger partial charge in [-0.25, -0.2) is 8.78 Å². The van der Waals surface area contributed by atoms with E-state index in [1.807, 2.05) is 39.8 Å². The van der Waals surface area contributed by atoms with Crippen LogP contribution in [0.4, 0.5) is 22.0 Å². The number of halogens is 6. The van der Waals surface area contributed by atoms with Gasteiger partial charge in [0.05, 0.1) is 5.56 Å². The van der Waals surface area contributed by atoms with E-state index >= 15 is 0 Å². The monoisotopic (exact) mass is 498 g/mol. The van der Waals surface area contributed by atoms with Gasteiger partial charge in [0.2, 0.25) is 0 Å². The van der Waals surface area contributed by atoms with Gasteiger partial charge in [-0.2, -0.15) is 13.2 Å². The van der Waals surface area contributed by atoms with Crippen LogP contribution in [0.2, 0.25) is 5.02 Å². The summed E-state index contributed by atoms with van der Waals surface area (Å²) in [7, 11) is 0. The fourth-order valence-electron chi connectivity index (χ4n) is 2.78. The largest absolute Gasteiger partial charge is 0.416 e. The van der Waals surface area contributed by atoms with Gasteiger partial charge in [0.1, 0.15) is 0 Å². The second kappa shape index (κ2) is 13.5. The quantitative estimate of drug-likeness (QED) is 0.315. The molecule has 3 aromatic rings. The maximum absolute atomic E-state index is 12.6. The summed E-state index contributed by atoms with van der Waals surface area (Å²) in [5.74, 6) is -0.449. The third kappa shape index (κ3) is 10.3. The van der Waals surface area contributed by atoms with E-state index in [4.69, 9.17) is 11.6 Å². The maximum atomic E-state index is 12.6. The van der Waals surface area contributed by atoms with Crippen molar-refractivity contribution in [3.8, 4) is 0 Å². The summed E-state index contributed by atoms with van der Waals surface area (Å²) in [6, 6.07) is 17.3. The van der Waals surface area contributed by atoms with E-state index in [0.29, 0.717) is 5.92 Å². The normalized spacial score (nSPS) is 11.1. The molecule has 0 spiro atoms. The van der Waals surface area contributed by atoms with Crippen molar-refractivity contribution in [3.63, 3.8) is 0 Å². The van der Waals surface area contributed by atoms with E-state index in [1.54, 1.807) is 6.07 Å². The molecule has 186 valence electrons. The van der Waals surface area contributed by atoms with E-state index in [9.17, 15) is 22.0 Å². The zero-order chi connectivity index (χ0) is 26.1. The molecule has 0 heterocycles. The molecular formula is C28H32ClF5. The third-order valence-corrected chi connectivity index (χ3v) is 5.30. The minimum Gasteiger partial charge on any atom is -0.204 e. The van der Waals surface area contributed by atoms with Crippen LogP contribution in [0.25, 0.3) is 0 Å². The molecule has 0 atom stereocenters. The van der Waals surface area contributed by atoms with Crippen molar-refractivity contribution in [1.82, 2.24) is 0 Å². The molecule has 0 nitrogen and oxygen atoms in total. The Morgan fingerprint density at radius 3 is 1.29 bits per heavy atom. The lowest BCUT2D eigenvalue weighted by Crippen LogP contribution is -2.04. The predicted molar refractivity (Wildman–Crippen MR) is 132 cm³/mol. The van der Waals surface area contributed by atoms with Gasteiger partial charge in [-0.1, -0.05) is 83.5 Å². The fraction of sp³-hybridized carbons (Fsp3) is 0.357. The number of hydrogen-bond acceptors (Lipinski definition) is 0. The van der Waals surface area contributed by atoms with Gasteiger partial charge >= 0.3 is 6.18 Å². The molecule has 0 aliphatic rings. The van der Waals surface area contributed by atoms with Gasteiger partial charge in [0, 0.05) is 5.02 Å². The predicted octanol–water partition coefficient (Wildman–Crippen LogP) is 10.4. The molecular weight excluding hydrogens is 467 g/mol. The van der Waals surface area contributed by atoms with Crippen LogP contribution < -0.4 is 0 Å². The Morgan fingerprint density at radius 1 is 0.559 bits per heavy atom. The van der Waals surface area contributed by atoms with Crippen molar-refractivity contribution in [2.24, 2.45) is 0 Å². The Balaban J connectivity index is 0.000000257. The van der Waals surface area contributed by atoms with Crippen LogP contribution in [0, 0.1) is 11.6 Å². The molecule has 6 heteroatoms. The average molecular weight is 499 g/mol. The molecule has 0 amide bonds. The van der Waals surface area contributed by atoms with Crippen molar-refractivity contribution in [2.75, 3.05) is 0 Å². The average Bonchev–Trinajstić information content (AvgIpc) is 2.76. The molecule has 0 aliphatic heterocycles. The molecule has 3 rings (SSSR count). The van der Waals surface area contributed by atoms with Crippen LogP contribution in [0.3, 0.4) is 0 Å². The first-order chi connectivity index (χ1) is 15.7. The van der Waals surface area contributed by atoms with Gasteiger partial charge in [-0.15, -0.1) is 0 Å². The van der Waals surface area contributed by atoms with E-state index in [2.05, 4.69) is 26.0 Å². The minimum absolute atomic E-state index is 0.241. The summed E-state index contributed by atoms with van der Waals surface area (Å²) in [5.41, 5.74) is 2.50. The van der Waals surface area contributed by atoms with Crippen LogP contribution in [-0.2, 0) is 6.18 Å². The lowest BCUT2D eigenvalue weighted by atomic mass is 10.0. The third-order valence-electron chi connectivity index (χ3n) is 5.05. The van der Waals surface area contributed by atoms with E-state index in [-0.39, 0.29) is 11.8 Å². The standard InChI is InChI=1S/C10H11F3.C9H11Cl.C9H10F2/c1-7(2)8-3-5-9(6-4-8)10(11,12)13;1-7(2)8-3-5-9(10)6-4-8;1-6(2)7-3-4-8(10)9(11)5-7/h3-7H,1-2H3;3-7H,1-2H3;3-6H,1-2H3. The van der Waals surface area contributed by atoms with Gasteiger partial charge < -0.3 is 0 Å². The van der Waals surface area contributed by atoms with Crippen molar-refractivity contribution in [3.05, 3.63) is 106 Å². The summed E-state index contributed by atoms with van der Waals surface area (Å²) < 4.78 is 61.3.